The van der Waals surface area contributed by atoms with Crippen LogP contribution in [0.2, 0.25) is 0 Å². The highest BCUT2D eigenvalue weighted by molar-refractivity contribution is 5.98. The van der Waals surface area contributed by atoms with Gasteiger partial charge < -0.3 is 5.73 Å². The SMILES string of the molecule is Cl.NC1=NC(c2ccccc2)CC(=O)N1. The number of nitrogens with zero attached hydrogens (tertiary/aromatic N) is 1. The van der Waals surface area contributed by atoms with Crippen molar-refractivity contribution in [2.45, 2.75) is 12.5 Å². The molecule has 15 heavy (non-hydrogen) atoms. The predicted molar refractivity (Wildman–Crippen MR) is 60.8 cm³/mol. The molecule has 1 amide bonds. The zero-order valence-corrected chi connectivity index (χ0v) is 8.83. The lowest BCUT2D eigenvalue weighted by Crippen LogP contribution is -2.41. The fourth-order valence-corrected chi connectivity index (χ4v) is 1.48. The molecule has 0 radical (unpaired) electrons. The number of benzene rings is 1. The molecule has 1 aromatic carbocycles. The molecule has 0 fully saturated rings. The fraction of sp³-hybridized carbons (Fsp3) is 0.200. The van der Waals surface area contributed by atoms with Crippen molar-refractivity contribution in [1.29, 1.82) is 0 Å². The standard InChI is InChI=1S/C10H11N3O.ClH/c11-10-12-8(6-9(14)13-10)7-4-2-1-3-5-7;/h1-5,8H,6H2,(H3,11,12,13,14);1H. The van der Waals surface area contributed by atoms with Crippen molar-refractivity contribution >= 4 is 24.3 Å². The van der Waals surface area contributed by atoms with Crippen LogP contribution in [0.25, 0.3) is 0 Å². The molecule has 1 aliphatic heterocycles. The molecule has 0 bridgehead atoms. The molecule has 1 aliphatic rings. The van der Waals surface area contributed by atoms with Crippen molar-refractivity contribution in [3.05, 3.63) is 35.9 Å². The summed E-state index contributed by atoms with van der Waals surface area (Å²) >= 11 is 0. The van der Waals surface area contributed by atoms with E-state index in [2.05, 4.69) is 10.3 Å². The van der Waals surface area contributed by atoms with Crippen LogP contribution in [-0.4, -0.2) is 11.9 Å². The Labute approximate surface area is 94.0 Å². The summed E-state index contributed by atoms with van der Waals surface area (Å²) < 4.78 is 0. The second kappa shape index (κ2) is 4.79. The van der Waals surface area contributed by atoms with Crippen molar-refractivity contribution in [3.8, 4) is 0 Å². The molecule has 2 rings (SSSR count). The normalized spacial score (nSPS) is 19.9. The zero-order chi connectivity index (χ0) is 9.97. The molecule has 1 aromatic rings. The highest BCUT2D eigenvalue weighted by Crippen LogP contribution is 2.22. The summed E-state index contributed by atoms with van der Waals surface area (Å²) in [5.74, 6) is 0.126. The van der Waals surface area contributed by atoms with Crippen LogP contribution in [-0.2, 0) is 4.79 Å². The lowest BCUT2D eigenvalue weighted by atomic mass is 10.0. The third kappa shape index (κ3) is 2.70. The smallest absolute Gasteiger partial charge is 0.229 e. The Balaban J connectivity index is 0.00000112. The molecular formula is C10H12ClN3O. The third-order valence-corrected chi connectivity index (χ3v) is 2.13. The average molecular weight is 226 g/mol. The molecule has 1 unspecified atom stereocenters. The lowest BCUT2D eigenvalue weighted by Gasteiger charge is -2.18. The summed E-state index contributed by atoms with van der Waals surface area (Å²) in [4.78, 5) is 15.4. The first kappa shape index (κ1) is 11.5. The van der Waals surface area contributed by atoms with E-state index in [0.717, 1.165) is 5.56 Å². The number of aliphatic imine (C=N–C) groups is 1. The van der Waals surface area contributed by atoms with Crippen molar-refractivity contribution in [2.75, 3.05) is 0 Å². The predicted octanol–water partition coefficient (Wildman–Crippen LogP) is 0.984. The summed E-state index contributed by atoms with van der Waals surface area (Å²) in [6, 6.07) is 9.53. The lowest BCUT2D eigenvalue weighted by molar-refractivity contribution is -0.120. The minimum Gasteiger partial charge on any atom is -0.370 e. The zero-order valence-electron chi connectivity index (χ0n) is 8.01. The maximum atomic E-state index is 11.2. The molecule has 5 heteroatoms. The molecule has 0 saturated carbocycles. The number of amides is 1. The van der Waals surface area contributed by atoms with Crippen LogP contribution < -0.4 is 11.1 Å². The van der Waals surface area contributed by atoms with Gasteiger partial charge in [0.05, 0.1) is 12.5 Å². The van der Waals surface area contributed by atoms with Gasteiger partial charge in [-0.05, 0) is 5.56 Å². The summed E-state index contributed by atoms with van der Waals surface area (Å²) in [7, 11) is 0. The Morgan fingerprint density at radius 1 is 1.33 bits per heavy atom. The molecule has 0 saturated heterocycles. The number of halogens is 1. The van der Waals surface area contributed by atoms with Crippen LogP contribution in [0.3, 0.4) is 0 Å². The van der Waals surface area contributed by atoms with Gasteiger partial charge in [0.1, 0.15) is 0 Å². The van der Waals surface area contributed by atoms with Crippen molar-refractivity contribution in [2.24, 2.45) is 10.7 Å². The molecule has 0 spiro atoms. The summed E-state index contributed by atoms with van der Waals surface area (Å²) in [6.45, 7) is 0. The molecule has 4 nitrogen and oxygen atoms in total. The van der Waals surface area contributed by atoms with E-state index >= 15 is 0 Å². The molecule has 3 N–H and O–H groups in total. The number of nitrogens with one attached hydrogen (secondary N) is 1. The topological polar surface area (TPSA) is 67.5 Å². The van der Waals surface area contributed by atoms with Gasteiger partial charge in [-0.25, -0.2) is 4.99 Å². The summed E-state index contributed by atoms with van der Waals surface area (Å²) in [5, 5.41) is 2.47. The maximum Gasteiger partial charge on any atom is 0.229 e. The van der Waals surface area contributed by atoms with Gasteiger partial charge in [-0.1, -0.05) is 30.3 Å². The highest BCUT2D eigenvalue weighted by Gasteiger charge is 2.20. The fourth-order valence-electron chi connectivity index (χ4n) is 1.48. The van der Waals surface area contributed by atoms with Gasteiger partial charge in [0, 0.05) is 0 Å². The largest absolute Gasteiger partial charge is 0.370 e. The van der Waals surface area contributed by atoms with Crippen LogP contribution in [0.5, 0.6) is 0 Å². The van der Waals surface area contributed by atoms with Crippen LogP contribution >= 0.6 is 12.4 Å². The van der Waals surface area contributed by atoms with Crippen LogP contribution in [0.1, 0.15) is 18.0 Å². The molecule has 0 aromatic heterocycles. The number of nitrogens with two attached hydrogens (primary N) is 1. The molecule has 80 valence electrons. The molecule has 1 heterocycles. The van der Waals surface area contributed by atoms with Crippen molar-refractivity contribution in [1.82, 2.24) is 5.32 Å². The van der Waals surface area contributed by atoms with E-state index in [9.17, 15) is 4.79 Å². The van der Waals surface area contributed by atoms with E-state index in [-0.39, 0.29) is 30.3 Å². The van der Waals surface area contributed by atoms with Crippen molar-refractivity contribution < 1.29 is 4.79 Å². The van der Waals surface area contributed by atoms with Crippen molar-refractivity contribution in [3.63, 3.8) is 0 Å². The van der Waals surface area contributed by atoms with Gasteiger partial charge >= 0.3 is 0 Å². The summed E-state index contributed by atoms with van der Waals surface area (Å²) in [5.41, 5.74) is 6.49. The third-order valence-electron chi connectivity index (χ3n) is 2.13. The Hall–Kier alpha value is -1.55. The van der Waals surface area contributed by atoms with E-state index in [4.69, 9.17) is 5.73 Å². The average Bonchev–Trinajstić information content (AvgIpc) is 2.18. The number of rotatable bonds is 1. The Kier molecular flexibility index (Phi) is 3.68. The molecular weight excluding hydrogens is 214 g/mol. The molecule has 0 aliphatic carbocycles. The van der Waals surface area contributed by atoms with Crippen LogP contribution in [0.4, 0.5) is 0 Å². The first-order valence-corrected chi connectivity index (χ1v) is 4.44. The number of guanidine groups is 1. The van der Waals surface area contributed by atoms with Crippen LogP contribution in [0, 0.1) is 0 Å². The van der Waals surface area contributed by atoms with Crippen LogP contribution in [0.15, 0.2) is 35.3 Å². The Bertz CT molecular complexity index is 378. The second-order valence-electron chi connectivity index (χ2n) is 3.19. The van der Waals surface area contributed by atoms with E-state index in [1.807, 2.05) is 30.3 Å². The van der Waals surface area contributed by atoms with Gasteiger partial charge in [0.25, 0.3) is 0 Å². The highest BCUT2D eigenvalue weighted by atomic mass is 35.5. The minimum absolute atomic E-state index is 0. The van der Waals surface area contributed by atoms with E-state index < -0.39 is 0 Å². The van der Waals surface area contributed by atoms with E-state index in [0.29, 0.717) is 6.42 Å². The van der Waals surface area contributed by atoms with Gasteiger partial charge in [0.15, 0.2) is 5.96 Å². The van der Waals surface area contributed by atoms with Gasteiger partial charge in [-0.15, -0.1) is 12.4 Å². The quantitative estimate of drug-likeness (QED) is 0.748. The van der Waals surface area contributed by atoms with Gasteiger partial charge in [-0.3, -0.25) is 10.1 Å². The van der Waals surface area contributed by atoms with Gasteiger partial charge in [-0.2, -0.15) is 0 Å². The first-order valence-electron chi connectivity index (χ1n) is 4.44. The number of carbonyl (C=O) groups excluding carboxylic acids is 1. The monoisotopic (exact) mass is 225 g/mol. The summed E-state index contributed by atoms with van der Waals surface area (Å²) in [6.07, 6.45) is 0.366. The number of hydrogen-bond donors (Lipinski definition) is 2. The second-order valence-corrected chi connectivity index (χ2v) is 3.19. The number of hydrogen-bond acceptors (Lipinski definition) is 3. The van der Waals surface area contributed by atoms with E-state index in [1.165, 1.54) is 0 Å². The minimum atomic E-state index is -0.134. The molecule has 1 atom stereocenters. The Morgan fingerprint density at radius 3 is 2.60 bits per heavy atom. The number of carbonyl (C=O) groups is 1. The van der Waals surface area contributed by atoms with E-state index in [1.54, 1.807) is 0 Å². The van der Waals surface area contributed by atoms with Gasteiger partial charge in [0.2, 0.25) is 5.91 Å². The first-order chi connectivity index (χ1) is 6.75. The maximum absolute atomic E-state index is 11.2. The Morgan fingerprint density at radius 2 is 2.00 bits per heavy atom.